The van der Waals surface area contributed by atoms with Crippen molar-refractivity contribution in [2.24, 2.45) is 17.1 Å². The Labute approximate surface area is 112 Å². The highest BCUT2D eigenvalue weighted by atomic mass is 16.1. The van der Waals surface area contributed by atoms with Crippen LogP contribution >= 0.6 is 0 Å². The van der Waals surface area contributed by atoms with Gasteiger partial charge in [-0.15, -0.1) is 0 Å². The summed E-state index contributed by atoms with van der Waals surface area (Å²) in [5, 5.41) is 3.08. The van der Waals surface area contributed by atoms with E-state index >= 15 is 0 Å². The molecule has 3 nitrogen and oxygen atoms in total. The molecule has 0 aromatic rings. The molecule has 106 valence electrons. The van der Waals surface area contributed by atoms with Gasteiger partial charge in [-0.3, -0.25) is 4.79 Å². The lowest BCUT2D eigenvalue weighted by molar-refractivity contribution is -0.122. The molecule has 0 aromatic heterocycles. The van der Waals surface area contributed by atoms with Gasteiger partial charge in [-0.05, 0) is 17.8 Å². The zero-order chi connectivity index (χ0) is 13.6. The Morgan fingerprint density at radius 2 is 1.89 bits per heavy atom. The molecule has 3 heteroatoms. The summed E-state index contributed by atoms with van der Waals surface area (Å²) in [6.45, 7) is 6.86. The maximum absolute atomic E-state index is 11.9. The quantitative estimate of drug-likeness (QED) is 0.792. The second-order valence-corrected chi connectivity index (χ2v) is 6.76. The van der Waals surface area contributed by atoms with Crippen molar-refractivity contribution in [3.05, 3.63) is 0 Å². The zero-order valence-corrected chi connectivity index (χ0v) is 12.3. The standard InChI is InChI=1S/C15H30N2O/c1-15(2,3)13(11-16)17-14(18)10-9-12-7-5-4-6-8-12/h12-13H,4-11,16H2,1-3H3,(H,17,18). The molecule has 3 N–H and O–H groups in total. The van der Waals surface area contributed by atoms with Crippen LogP contribution in [0.15, 0.2) is 0 Å². The Hall–Kier alpha value is -0.570. The van der Waals surface area contributed by atoms with E-state index in [1.54, 1.807) is 0 Å². The highest BCUT2D eigenvalue weighted by Crippen LogP contribution is 2.27. The molecule has 0 heterocycles. The van der Waals surface area contributed by atoms with E-state index in [9.17, 15) is 4.79 Å². The lowest BCUT2D eigenvalue weighted by Gasteiger charge is -2.30. The summed E-state index contributed by atoms with van der Waals surface area (Å²) in [5.74, 6) is 0.946. The molecule has 0 bridgehead atoms. The van der Waals surface area contributed by atoms with Crippen LogP contribution in [0.4, 0.5) is 0 Å². The average molecular weight is 254 g/mol. The first-order valence-electron chi connectivity index (χ1n) is 7.43. The third kappa shape index (κ3) is 5.38. The summed E-state index contributed by atoms with van der Waals surface area (Å²) in [6, 6.07) is 0.0800. The fourth-order valence-electron chi connectivity index (χ4n) is 2.71. The summed E-state index contributed by atoms with van der Waals surface area (Å²) in [4.78, 5) is 11.9. The number of hydrogen-bond acceptors (Lipinski definition) is 2. The molecule has 0 radical (unpaired) electrons. The number of carbonyl (C=O) groups excluding carboxylic acids is 1. The van der Waals surface area contributed by atoms with Crippen LogP contribution in [-0.4, -0.2) is 18.5 Å². The molecule has 1 amide bonds. The second kappa shape index (κ2) is 7.13. The smallest absolute Gasteiger partial charge is 0.220 e. The lowest BCUT2D eigenvalue weighted by atomic mass is 9.85. The van der Waals surface area contributed by atoms with Crippen LogP contribution in [0.2, 0.25) is 0 Å². The predicted molar refractivity (Wildman–Crippen MR) is 76.2 cm³/mol. The highest BCUT2D eigenvalue weighted by molar-refractivity contribution is 5.76. The van der Waals surface area contributed by atoms with Crippen molar-refractivity contribution in [3.63, 3.8) is 0 Å². The van der Waals surface area contributed by atoms with Crippen LogP contribution in [0.25, 0.3) is 0 Å². The average Bonchev–Trinajstić information content (AvgIpc) is 2.33. The molecule has 18 heavy (non-hydrogen) atoms. The van der Waals surface area contributed by atoms with Crippen LogP contribution in [0.5, 0.6) is 0 Å². The van der Waals surface area contributed by atoms with Crippen LogP contribution < -0.4 is 11.1 Å². The Morgan fingerprint density at radius 1 is 1.28 bits per heavy atom. The van der Waals surface area contributed by atoms with Gasteiger partial charge in [0.25, 0.3) is 0 Å². The fourth-order valence-corrected chi connectivity index (χ4v) is 2.71. The van der Waals surface area contributed by atoms with Crippen molar-refractivity contribution in [3.8, 4) is 0 Å². The van der Waals surface area contributed by atoms with Gasteiger partial charge in [0, 0.05) is 19.0 Å². The van der Waals surface area contributed by atoms with E-state index in [1.165, 1.54) is 32.1 Å². The van der Waals surface area contributed by atoms with Crippen molar-refractivity contribution in [1.82, 2.24) is 5.32 Å². The Balaban J connectivity index is 2.27. The third-order valence-corrected chi connectivity index (χ3v) is 4.12. The summed E-state index contributed by atoms with van der Waals surface area (Å²) < 4.78 is 0. The van der Waals surface area contributed by atoms with Gasteiger partial charge in [0.2, 0.25) is 5.91 Å². The molecular formula is C15H30N2O. The molecule has 0 aliphatic heterocycles. The Bertz CT molecular complexity index is 252. The van der Waals surface area contributed by atoms with Crippen molar-refractivity contribution in [1.29, 1.82) is 0 Å². The van der Waals surface area contributed by atoms with Crippen molar-refractivity contribution in [2.45, 2.75) is 71.8 Å². The van der Waals surface area contributed by atoms with Gasteiger partial charge in [-0.25, -0.2) is 0 Å². The Morgan fingerprint density at radius 3 is 2.39 bits per heavy atom. The van der Waals surface area contributed by atoms with Gasteiger partial charge >= 0.3 is 0 Å². The third-order valence-electron chi connectivity index (χ3n) is 4.12. The highest BCUT2D eigenvalue weighted by Gasteiger charge is 2.25. The fraction of sp³-hybridized carbons (Fsp3) is 0.933. The maximum atomic E-state index is 11.9. The molecular weight excluding hydrogens is 224 g/mol. The monoisotopic (exact) mass is 254 g/mol. The molecule has 0 spiro atoms. The van der Waals surface area contributed by atoms with Crippen LogP contribution in [0.3, 0.4) is 0 Å². The molecule has 0 aromatic carbocycles. The van der Waals surface area contributed by atoms with Gasteiger partial charge in [0.1, 0.15) is 0 Å². The first kappa shape index (κ1) is 15.5. The molecule has 1 unspecified atom stereocenters. The Kier molecular flexibility index (Phi) is 6.13. The SMILES string of the molecule is CC(C)(C)C(CN)NC(=O)CCC1CCCCC1. The molecule has 1 atom stereocenters. The summed E-state index contributed by atoms with van der Waals surface area (Å²) in [7, 11) is 0. The molecule has 1 rings (SSSR count). The molecule has 1 saturated carbocycles. The molecule has 1 fully saturated rings. The van der Waals surface area contributed by atoms with Crippen molar-refractivity contribution in [2.75, 3.05) is 6.54 Å². The van der Waals surface area contributed by atoms with Gasteiger partial charge in [-0.1, -0.05) is 52.9 Å². The van der Waals surface area contributed by atoms with Crippen LogP contribution in [0, 0.1) is 11.3 Å². The minimum Gasteiger partial charge on any atom is -0.352 e. The van der Waals surface area contributed by atoms with E-state index in [1.807, 2.05) is 0 Å². The number of nitrogens with two attached hydrogens (primary N) is 1. The van der Waals surface area contributed by atoms with Gasteiger partial charge < -0.3 is 11.1 Å². The zero-order valence-electron chi connectivity index (χ0n) is 12.3. The molecule has 1 aliphatic rings. The number of rotatable bonds is 5. The first-order chi connectivity index (χ1) is 8.43. The lowest BCUT2D eigenvalue weighted by Crippen LogP contribution is -2.48. The van der Waals surface area contributed by atoms with E-state index in [0.29, 0.717) is 13.0 Å². The van der Waals surface area contributed by atoms with E-state index < -0.39 is 0 Å². The minimum absolute atomic E-state index is 0.0370. The largest absolute Gasteiger partial charge is 0.352 e. The summed E-state index contributed by atoms with van der Waals surface area (Å²) >= 11 is 0. The number of amides is 1. The minimum atomic E-state index is 0.0370. The van der Waals surface area contributed by atoms with E-state index in [4.69, 9.17) is 5.73 Å². The van der Waals surface area contributed by atoms with Crippen molar-refractivity contribution < 1.29 is 4.79 Å². The molecule has 1 aliphatic carbocycles. The normalized spacial score (nSPS) is 19.6. The summed E-state index contributed by atoms with van der Waals surface area (Å²) in [5.41, 5.74) is 5.77. The predicted octanol–water partition coefficient (Wildman–Crippen LogP) is 2.84. The van der Waals surface area contributed by atoms with Crippen molar-refractivity contribution >= 4 is 5.91 Å². The topological polar surface area (TPSA) is 55.1 Å². The van der Waals surface area contributed by atoms with Gasteiger partial charge in [0.05, 0.1) is 0 Å². The van der Waals surface area contributed by atoms with Crippen LogP contribution in [-0.2, 0) is 4.79 Å². The van der Waals surface area contributed by atoms with Gasteiger partial charge in [0.15, 0.2) is 0 Å². The maximum Gasteiger partial charge on any atom is 0.220 e. The number of nitrogens with one attached hydrogen (secondary N) is 1. The van der Waals surface area contributed by atoms with E-state index in [-0.39, 0.29) is 17.4 Å². The summed E-state index contributed by atoms with van der Waals surface area (Å²) in [6.07, 6.45) is 8.41. The van der Waals surface area contributed by atoms with E-state index in [0.717, 1.165) is 12.3 Å². The van der Waals surface area contributed by atoms with E-state index in [2.05, 4.69) is 26.1 Å². The van der Waals surface area contributed by atoms with Gasteiger partial charge in [-0.2, -0.15) is 0 Å². The van der Waals surface area contributed by atoms with Crippen LogP contribution in [0.1, 0.15) is 65.7 Å². The molecule has 0 saturated heterocycles. The second-order valence-electron chi connectivity index (χ2n) is 6.76. The number of carbonyl (C=O) groups is 1. The first-order valence-corrected chi connectivity index (χ1v) is 7.43. The number of hydrogen-bond donors (Lipinski definition) is 2.